The molecule has 0 heterocycles. The van der Waals surface area contributed by atoms with Crippen LogP contribution in [0.25, 0.3) is 0 Å². The molecule has 0 spiro atoms. The standard InChI is InChI=1S/C29H50FN/c1-8-10-15-29(7)18-22(9-2)24(12-14-26(29)30)19-31-27-21(4)23-11-13-25(28(27,5)6)17-20(3)16-23/h9,20,22,24-27,31H,2,8,10-19H2,1,3-7H3. The van der Waals surface area contributed by atoms with Gasteiger partial charge >= 0.3 is 0 Å². The van der Waals surface area contributed by atoms with Crippen LogP contribution in [0.2, 0.25) is 0 Å². The van der Waals surface area contributed by atoms with Crippen LogP contribution < -0.4 is 5.32 Å². The van der Waals surface area contributed by atoms with Gasteiger partial charge in [0.2, 0.25) is 0 Å². The van der Waals surface area contributed by atoms with Crippen molar-refractivity contribution in [3.63, 3.8) is 0 Å². The molecule has 3 rings (SSSR count). The molecule has 178 valence electrons. The van der Waals surface area contributed by atoms with E-state index in [4.69, 9.17) is 0 Å². The van der Waals surface area contributed by atoms with Crippen molar-refractivity contribution in [1.82, 2.24) is 5.32 Å². The van der Waals surface area contributed by atoms with E-state index >= 15 is 4.39 Å². The van der Waals surface area contributed by atoms with Gasteiger partial charge in [0, 0.05) is 6.04 Å². The zero-order valence-corrected chi connectivity index (χ0v) is 21.4. The highest BCUT2D eigenvalue weighted by atomic mass is 19.1. The van der Waals surface area contributed by atoms with Gasteiger partial charge in [-0.1, -0.05) is 64.7 Å². The minimum Gasteiger partial charge on any atom is -0.309 e. The monoisotopic (exact) mass is 431 g/mol. The molecule has 2 saturated carbocycles. The Bertz CT molecular complexity index is 649. The van der Waals surface area contributed by atoms with Crippen molar-refractivity contribution in [1.29, 1.82) is 0 Å². The van der Waals surface area contributed by atoms with Crippen molar-refractivity contribution >= 4 is 0 Å². The molecule has 0 radical (unpaired) electrons. The third kappa shape index (κ3) is 5.31. The van der Waals surface area contributed by atoms with Gasteiger partial charge in [0.05, 0.1) is 0 Å². The lowest BCUT2D eigenvalue weighted by atomic mass is 9.66. The summed E-state index contributed by atoms with van der Waals surface area (Å²) >= 11 is 0. The first kappa shape index (κ1) is 25.0. The van der Waals surface area contributed by atoms with Gasteiger partial charge in [0.25, 0.3) is 0 Å². The Labute approximate surface area is 192 Å². The predicted molar refractivity (Wildman–Crippen MR) is 133 cm³/mol. The Kier molecular flexibility index (Phi) is 8.15. The van der Waals surface area contributed by atoms with E-state index in [0.717, 1.165) is 50.5 Å². The van der Waals surface area contributed by atoms with Crippen LogP contribution in [0.3, 0.4) is 0 Å². The lowest BCUT2D eigenvalue weighted by molar-refractivity contribution is 0.0929. The van der Waals surface area contributed by atoms with Crippen LogP contribution in [-0.4, -0.2) is 18.8 Å². The molecule has 3 aliphatic rings. The second-order valence-corrected chi connectivity index (χ2v) is 12.4. The maximum absolute atomic E-state index is 15.3. The van der Waals surface area contributed by atoms with Crippen molar-refractivity contribution in [3.05, 3.63) is 23.8 Å². The summed E-state index contributed by atoms with van der Waals surface area (Å²) in [5.41, 5.74) is 3.41. The number of hydrogen-bond donors (Lipinski definition) is 1. The third-order valence-electron chi connectivity index (χ3n) is 9.71. The maximum atomic E-state index is 15.3. The van der Waals surface area contributed by atoms with Crippen molar-refractivity contribution in [2.24, 2.45) is 34.5 Å². The number of rotatable bonds is 7. The highest BCUT2D eigenvalue weighted by Gasteiger charge is 2.44. The molecule has 2 heteroatoms. The van der Waals surface area contributed by atoms with Crippen molar-refractivity contribution in [2.75, 3.05) is 6.54 Å². The molecule has 0 aromatic rings. The van der Waals surface area contributed by atoms with E-state index in [-0.39, 0.29) is 10.8 Å². The normalized spacial score (nSPS) is 40.9. The minimum atomic E-state index is -0.675. The van der Waals surface area contributed by atoms with E-state index < -0.39 is 6.17 Å². The second kappa shape index (κ2) is 10.1. The molecule has 0 aromatic heterocycles. The summed E-state index contributed by atoms with van der Waals surface area (Å²) in [7, 11) is 0. The molecule has 0 aliphatic heterocycles. The summed E-state index contributed by atoms with van der Waals surface area (Å²) in [6, 6.07) is 0.448. The van der Waals surface area contributed by atoms with Gasteiger partial charge in [0.1, 0.15) is 6.17 Å². The number of allylic oxidation sites excluding steroid dienone is 2. The minimum absolute atomic E-state index is 0.184. The Morgan fingerprint density at radius 3 is 2.61 bits per heavy atom. The Balaban J connectivity index is 1.76. The Morgan fingerprint density at radius 2 is 1.94 bits per heavy atom. The molecular formula is C29H50FN. The quantitative estimate of drug-likeness (QED) is 0.316. The molecule has 2 fully saturated rings. The summed E-state index contributed by atoms with van der Waals surface area (Å²) < 4.78 is 15.3. The number of hydrogen-bond acceptors (Lipinski definition) is 1. The summed E-state index contributed by atoms with van der Waals surface area (Å²) in [4.78, 5) is 0. The largest absolute Gasteiger partial charge is 0.309 e. The number of alkyl halides is 1. The van der Waals surface area contributed by atoms with E-state index in [2.05, 4.69) is 59.5 Å². The van der Waals surface area contributed by atoms with Gasteiger partial charge in [-0.25, -0.2) is 4.39 Å². The van der Waals surface area contributed by atoms with Crippen molar-refractivity contribution in [3.8, 4) is 0 Å². The first-order valence-corrected chi connectivity index (χ1v) is 13.3. The SMILES string of the molecule is C=CC1CC(C)(CCCC)C(F)CCC1CNC1C(C)=C2CCC(CC(C)C2)C1(C)C. The summed E-state index contributed by atoms with van der Waals surface area (Å²) in [5.74, 6) is 2.50. The summed E-state index contributed by atoms with van der Waals surface area (Å²) in [6.07, 6.45) is 12.7. The molecule has 2 bridgehead atoms. The zero-order valence-electron chi connectivity index (χ0n) is 21.4. The van der Waals surface area contributed by atoms with Gasteiger partial charge in [-0.3, -0.25) is 0 Å². The van der Waals surface area contributed by atoms with Gasteiger partial charge in [-0.15, -0.1) is 6.58 Å². The van der Waals surface area contributed by atoms with Crippen LogP contribution in [0.4, 0.5) is 4.39 Å². The lowest BCUT2D eigenvalue weighted by Crippen LogP contribution is -2.49. The molecule has 31 heavy (non-hydrogen) atoms. The van der Waals surface area contributed by atoms with Gasteiger partial charge in [0.15, 0.2) is 0 Å². The van der Waals surface area contributed by atoms with Crippen molar-refractivity contribution in [2.45, 2.75) is 118 Å². The van der Waals surface area contributed by atoms with Gasteiger partial charge in [-0.05, 0) is 99.3 Å². The molecule has 0 amide bonds. The Hall–Kier alpha value is -0.630. The molecule has 1 nitrogen and oxygen atoms in total. The van der Waals surface area contributed by atoms with Crippen molar-refractivity contribution < 1.29 is 4.39 Å². The highest BCUT2D eigenvalue weighted by Crippen LogP contribution is 2.50. The fraction of sp³-hybridized carbons (Fsp3) is 0.862. The van der Waals surface area contributed by atoms with E-state index in [1.807, 2.05) is 0 Å². The van der Waals surface area contributed by atoms with Gasteiger partial charge in [-0.2, -0.15) is 0 Å². The third-order valence-corrected chi connectivity index (χ3v) is 9.71. The summed E-state index contributed by atoms with van der Waals surface area (Å²) in [6.45, 7) is 19.4. The number of nitrogens with one attached hydrogen (secondary N) is 1. The van der Waals surface area contributed by atoms with Crippen LogP contribution in [0, 0.1) is 34.5 Å². The highest BCUT2D eigenvalue weighted by molar-refractivity contribution is 5.25. The average molecular weight is 432 g/mol. The first-order valence-electron chi connectivity index (χ1n) is 13.3. The topological polar surface area (TPSA) is 12.0 Å². The van der Waals surface area contributed by atoms with E-state index in [9.17, 15) is 0 Å². The second-order valence-electron chi connectivity index (χ2n) is 12.4. The maximum Gasteiger partial charge on any atom is 0.105 e. The average Bonchev–Trinajstić information content (AvgIpc) is 3.03. The fourth-order valence-corrected chi connectivity index (χ4v) is 7.40. The van der Waals surface area contributed by atoms with Crippen LogP contribution in [0.1, 0.15) is 106 Å². The van der Waals surface area contributed by atoms with E-state index in [0.29, 0.717) is 24.3 Å². The van der Waals surface area contributed by atoms with Crippen LogP contribution >= 0.6 is 0 Å². The fourth-order valence-electron chi connectivity index (χ4n) is 7.40. The van der Waals surface area contributed by atoms with Crippen LogP contribution in [-0.2, 0) is 0 Å². The molecule has 0 aromatic carbocycles. The number of unbranched alkanes of at least 4 members (excludes halogenated alkanes) is 1. The van der Waals surface area contributed by atoms with Crippen LogP contribution in [0.15, 0.2) is 23.8 Å². The summed E-state index contributed by atoms with van der Waals surface area (Å²) in [5, 5.41) is 4.06. The first-order chi connectivity index (χ1) is 14.6. The molecule has 7 unspecified atom stereocenters. The Morgan fingerprint density at radius 1 is 1.19 bits per heavy atom. The zero-order chi connectivity index (χ0) is 22.8. The molecule has 3 aliphatic carbocycles. The van der Waals surface area contributed by atoms with Gasteiger partial charge < -0.3 is 5.32 Å². The molecule has 0 saturated heterocycles. The van der Waals surface area contributed by atoms with Crippen LogP contribution in [0.5, 0.6) is 0 Å². The molecular weight excluding hydrogens is 381 g/mol. The number of fused-ring (bicyclic) bond motifs is 3. The number of halogens is 1. The smallest absolute Gasteiger partial charge is 0.105 e. The molecule has 7 atom stereocenters. The predicted octanol–water partition coefficient (Wildman–Crippen LogP) is 8.26. The van der Waals surface area contributed by atoms with E-state index in [1.54, 1.807) is 11.1 Å². The molecule has 1 N–H and O–H groups in total. The van der Waals surface area contributed by atoms with E-state index in [1.165, 1.54) is 25.7 Å². The lowest BCUT2D eigenvalue weighted by Gasteiger charge is -2.44.